The van der Waals surface area contributed by atoms with Crippen LogP contribution < -0.4 is 5.73 Å². The van der Waals surface area contributed by atoms with Gasteiger partial charge in [-0.1, -0.05) is 0 Å². The zero-order valence-corrected chi connectivity index (χ0v) is 6.23. The minimum absolute atomic E-state index is 0.0208. The largest absolute Gasteiger partial charge is 0.461 e. The molecule has 3 N–H and O–H groups in total. The molecule has 0 spiro atoms. The van der Waals surface area contributed by atoms with E-state index in [9.17, 15) is 0 Å². The molecule has 0 bridgehead atoms. The van der Waals surface area contributed by atoms with Crippen molar-refractivity contribution in [3.05, 3.63) is 0 Å². The van der Waals surface area contributed by atoms with E-state index in [0.717, 1.165) is 12.8 Å². The summed E-state index contributed by atoms with van der Waals surface area (Å²) in [4.78, 5) is 4.09. The van der Waals surface area contributed by atoms with Crippen LogP contribution in [0.5, 0.6) is 0 Å². The quantitative estimate of drug-likeness (QED) is 0.536. The molecule has 1 aliphatic carbocycles. The monoisotopic (exact) mass is 156 g/mol. The zero-order valence-electron chi connectivity index (χ0n) is 6.23. The molecule has 0 amide bonds. The number of ether oxygens (including phenoxy) is 1. The minimum atomic E-state index is -0.604. The summed E-state index contributed by atoms with van der Waals surface area (Å²) in [5.74, 6) is 0.193. The maximum atomic E-state index is 8.94. The highest BCUT2D eigenvalue weighted by Gasteiger charge is 2.49. The number of hydrogen-bond donors (Lipinski definition) is 2. The molecule has 3 unspecified atom stereocenters. The predicted molar refractivity (Wildman–Crippen MR) is 40.1 cm³/mol. The van der Waals surface area contributed by atoms with E-state index in [4.69, 9.17) is 15.6 Å². The van der Waals surface area contributed by atoms with Crippen molar-refractivity contribution < 1.29 is 9.84 Å². The lowest BCUT2D eigenvalue weighted by Gasteiger charge is -2.22. The van der Waals surface area contributed by atoms with Gasteiger partial charge in [0.05, 0.1) is 0 Å². The molecule has 1 aliphatic heterocycles. The molecule has 62 valence electrons. The van der Waals surface area contributed by atoms with Gasteiger partial charge in [-0.3, -0.25) is 5.73 Å². The molecule has 0 radical (unpaired) electrons. The molecule has 1 saturated carbocycles. The van der Waals surface area contributed by atoms with Gasteiger partial charge in [-0.2, -0.15) is 0 Å². The third-order valence-corrected chi connectivity index (χ3v) is 2.58. The highest BCUT2D eigenvalue weighted by Crippen LogP contribution is 2.38. The summed E-state index contributed by atoms with van der Waals surface area (Å²) >= 11 is 0. The lowest BCUT2D eigenvalue weighted by Crippen LogP contribution is -2.46. The van der Waals surface area contributed by atoms with Gasteiger partial charge in [-0.25, -0.2) is 4.99 Å². The normalized spacial score (nSPS) is 47.5. The number of aliphatic hydroxyl groups is 1. The highest BCUT2D eigenvalue weighted by atomic mass is 16.5. The van der Waals surface area contributed by atoms with E-state index in [0.29, 0.717) is 0 Å². The SMILES string of the molecule is NC12CCC(CO)C1N=CO2. The van der Waals surface area contributed by atoms with E-state index in [1.54, 1.807) is 0 Å². The molecule has 3 atom stereocenters. The molecule has 1 heterocycles. The molecule has 2 rings (SSSR count). The second-order valence-corrected chi connectivity index (χ2v) is 3.25. The van der Waals surface area contributed by atoms with Crippen molar-refractivity contribution >= 4 is 6.40 Å². The molecule has 4 heteroatoms. The number of nitrogens with zero attached hydrogens (tertiary/aromatic N) is 1. The summed E-state index contributed by atoms with van der Waals surface area (Å²) in [6.07, 6.45) is 3.12. The molecule has 0 saturated heterocycles. The summed E-state index contributed by atoms with van der Waals surface area (Å²) in [5.41, 5.74) is 5.27. The fourth-order valence-corrected chi connectivity index (χ4v) is 1.88. The minimum Gasteiger partial charge on any atom is -0.461 e. The Kier molecular flexibility index (Phi) is 1.40. The molecule has 0 aromatic carbocycles. The van der Waals surface area contributed by atoms with Crippen LogP contribution in [0, 0.1) is 5.92 Å². The van der Waals surface area contributed by atoms with E-state index in [-0.39, 0.29) is 18.6 Å². The number of hydrogen-bond acceptors (Lipinski definition) is 4. The van der Waals surface area contributed by atoms with Gasteiger partial charge in [0.25, 0.3) is 0 Å². The number of rotatable bonds is 1. The smallest absolute Gasteiger partial charge is 0.182 e. The van der Waals surface area contributed by atoms with E-state index < -0.39 is 5.72 Å². The van der Waals surface area contributed by atoms with Crippen molar-refractivity contribution in [3.63, 3.8) is 0 Å². The molecule has 0 aromatic heterocycles. The van der Waals surface area contributed by atoms with Gasteiger partial charge in [0.2, 0.25) is 0 Å². The van der Waals surface area contributed by atoms with Crippen molar-refractivity contribution in [3.8, 4) is 0 Å². The van der Waals surface area contributed by atoms with Crippen molar-refractivity contribution in [1.29, 1.82) is 0 Å². The first kappa shape index (κ1) is 7.06. The first-order valence-electron chi connectivity index (χ1n) is 3.85. The van der Waals surface area contributed by atoms with Gasteiger partial charge in [-0.15, -0.1) is 0 Å². The Labute approximate surface area is 65.1 Å². The molecule has 0 aromatic rings. The molecule has 1 fully saturated rings. The topological polar surface area (TPSA) is 67.8 Å². The van der Waals surface area contributed by atoms with Gasteiger partial charge in [0.15, 0.2) is 12.1 Å². The third-order valence-electron chi connectivity index (χ3n) is 2.58. The van der Waals surface area contributed by atoms with Crippen LogP contribution in [0.25, 0.3) is 0 Å². The Morgan fingerprint density at radius 3 is 3.36 bits per heavy atom. The van der Waals surface area contributed by atoms with Crippen LogP contribution in [-0.2, 0) is 4.74 Å². The predicted octanol–water partition coefficient (Wildman–Crippen LogP) is -0.529. The van der Waals surface area contributed by atoms with Crippen molar-refractivity contribution in [2.75, 3.05) is 6.61 Å². The number of nitrogens with two attached hydrogens (primary N) is 1. The van der Waals surface area contributed by atoms with Crippen LogP contribution in [-0.4, -0.2) is 29.9 Å². The summed E-state index contributed by atoms with van der Waals surface area (Å²) < 4.78 is 5.17. The van der Waals surface area contributed by atoms with Crippen molar-refractivity contribution in [1.82, 2.24) is 0 Å². The van der Waals surface area contributed by atoms with Crippen LogP contribution in [0.15, 0.2) is 4.99 Å². The van der Waals surface area contributed by atoms with Gasteiger partial charge in [0.1, 0.15) is 6.04 Å². The molecule has 11 heavy (non-hydrogen) atoms. The van der Waals surface area contributed by atoms with E-state index in [2.05, 4.69) is 4.99 Å². The van der Waals surface area contributed by atoms with Crippen molar-refractivity contribution in [2.45, 2.75) is 24.6 Å². The zero-order chi connectivity index (χ0) is 7.90. The number of aliphatic imine (C=N–C) groups is 1. The Morgan fingerprint density at radius 1 is 1.82 bits per heavy atom. The average molecular weight is 156 g/mol. The maximum absolute atomic E-state index is 8.94. The van der Waals surface area contributed by atoms with E-state index in [1.165, 1.54) is 6.40 Å². The third kappa shape index (κ3) is 0.862. The molecule has 4 nitrogen and oxygen atoms in total. The van der Waals surface area contributed by atoms with Gasteiger partial charge < -0.3 is 9.84 Å². The second-order valence-electron chi connectivity index (χ2n) is 3.25. The lowest BCUT2D eigenvalue weighted by atomic mass is 10.0. The van der Waals surface area contributed by atoms with Crippen LogP contribution in [0.3, 0.4) is 0 Å². The molecular formula is C7H12N2O2. The number of fused-ring (bicyclic) bond motifs is 1. The second kappa shape index (κ2) is 2.19. The van der Waals surface area contributed by atoms with Gasteiger partial charge in [0, 0.05) is 18.9 Å². The standard InChI is InChI=1S/C7H12N2O2/c8-7-2-1-5(3-10)6(7)9-4-11-7/h4-6,10H,1-3,8H2. The van der Waals surface area contributed by atoms with E-state index in [1.807, 2.05) is 0 Å². The van der Waals surface area contributed by atoms with Crippen LogP contribution >= 0.6 is 0 Å². The fourth-order valence-electron chi connectivity index (χ4n) is 1.88. The number of aliphatic hydroxyl groups excluding tert-OH is 1. The summed E-state index contributed by atoms with van der Waals surface area (Å²) in [7, 11) is 0. The first-order valence-corrected chi connectivity index (χ1v) is 3.85. The lowest BCUT2D eigenvalue weighted by molar-refractivity contribution is 0.0755. The molecule has 2 aliphatic rings. The van der Waals surface area contributed by atoms with Gasteiger partial charge >= 0.3 is 0 Å². The van der Waals surface area contributed by atoms with Crippen LogP contribution in [0.1, 0.15) is 12.8 Å². The Bertz CT molecular complexity index is 195. The Balaban J connectivity index is 2.18. The maximum Gasteiger partial charge on any atom is 0.182 e. The fraction of sp³-hybridized carbons (Fsp3) is 0.857. The molecular weight excluding hydrogens is 144 g/mol. The average Bonchev–Trinajstić information content (AvgIpc) is 2.45. The van der Waals surface area contributed by atoms with Crippen molar-refractivity contribution in [2.24, 2.45) is 16.6 Å². The first-order chi connectivity index (χ1) is 5.26. The highest BCUT2D eigenvalue weighted by molar-refractivity contribution is 5.51. The van der Waals surface area contributed by atoms with E-state index >= 15 is 0 Å². The Morgan fingerprint density at radius 2 is 2.64 bits per heavy atom. The summed E-state index contributed by atoms with van der Waals surface area (Å²) in [6.45, 7) is 0.157. The summed E-state index contributed by atoms with van der Waals surface area (Å²) in [6, 6.07) is -0.0208. The Hall–Kier alpha value is -0.610. The van der Waals surface area contributed by atoms with Crippen LogP contribution in [0.4, 0.5) is 0 Å². The van der Waals surface area contributed by atoms with Gasteiger partial charge in [-0.05, 0) is 6.42 Å². The summed E-state index contributed by atoms with van der Waals surface area (Å²) in [5, 5.41) is 8.94. The van der Waals surface area contributed by atoms with Crippen LogP contribution in [0.2, 0.25) is 0 Å².